The normalized spacial score (nSPS) is 12.9. The molecule has 0 N–H and O–H groups in total. The van der Waals surface area contributed by atoms with Crippen LogP contribution in [-0.4, -0.2) is 6.16 Å². The van der Waals surface area contributed by atoms with Crippen molar-refractivity contribution in [2.24, 2.45) is 5.92 Å². The fourth-order valence-corrected chi connectivity index (χ4v) is 3.17. The Kier molecular flexibility index (Phi) is 17.2. The first-order chi connectivity index (χ1) is 9.81. The van der Waals surface area contributed by atoms with Crippen molar-refractivity contribution >= 4 is 8.46 Å². The minimum Gasteiger partial charge on any atom is -0.0775 e. The zero-order valence-electron chi connectivity index (χ0n) is 14.1. The molecule has 2 atom stereocenters. The second-order valence-electron chi connectivity index (χ2n) is 6.47. The lowest BCUT2D eigenvalue weighted by Gasteiger charge is -2.09. The Morgan fingerprint density at radius 2 is 1.15 bits per heavy atom. The average molecular weight is 301 g/mol. The summed E-state index contributed by atoms with van der Waals surface area (Å²) in [4.78, 5) is 0. The van der Waals surface area contributed by atoms with Crippen molar-refractivity contribution in [2.75, 3.05) is 6.16 Å². The van der Waals surface area contributed by atoms with E-state index < -0.39 is 0 Å². The molecule has 0 saturated heterocycles. The molecule has 0 aromatic carbocycles. The summed E-state index contributed by atoms with van der Waals surface area (Å²) < 4.78 is 10.4. The molecular weight excluding hydrogens is 263 g/mol. The average Bonchev–Trinajstić information content (AvgIpc) is 2.45. The number of rotatable bonds is 16. The van der Waals surface area contributed by atoms with Gasteiger partial charge in [-0.25, -0.2) is 0 Å². The van der Waals surface area contributed by atoms with Crippen molar-refractivity contribution in [2.45, 2.75) is 104 Å². The Labute approximate surface area is 129 Å². The first kappa shape index (κ1) is 20.1. The molecule has 120 valence electrons. The highest BCUT2D eigenvalue weighted by molar-refractivity contribution is 7.23. The maximum absolute atomic E-state index is 10.4. The standard InChI is InChI=1S/C18H37OP/c1-3-4-5-6-7-8-9-10-11-12-13-15-18(2)16-14-17-20-19/h18H,3-17H2,1-2H3/p+1. The van der Waals surface area contributed by atoms with Crippen LogP contribution in [0.25, 0.3) is 0 Å². The highest BCUT2D eigenvalue weighted by atomic mass is 31.1. The fraction of sp³-hybridized carbons (Fsp3) is 1.00. The van der Waals surface area contributed by atoms with E-state index in [1.807, 2.05) is 0 Å². The van der Waals surface area contributed by atoms with Crippen LogP contribution in [0.5, 0.6) is 0 Å². The Morgan fingerprint density at radius 1 is 0.700 bits per heavy atom. The zero-order chi connectivity index (χ0) is 14.9. The topological polar surface area (TPSA) is 17.1 Å². The summed E-state index contributed by atoms with van der Waals surface area (Å²) in [6, 6.07) is 0. The van der Waals surface area contributed by atoms with E-state index in [-0.39, 0.29) is 8.46 Å². The summed E-state index contributed by atoms with van der Waals surface area (Å²) in [6.07, 6.45) is 20.4. The van der Waals surface area contributed by atoms with E-state index in [0.717, 1.165) is 18.5 Å². The summed E-state index contributed by atoms with van der Waals surface area (Å²) >= 11 is 0. The van der Waals surface area contributed by atoms with Gasteiger partial charge in [-0.1, -0.05) is 95.5 Å². The molecule has 2 unspecified atom stereocenters. The fourth-order valence-electron chi connectivity index (χ4n) is 2.82. The van der Waals surface area contributed by atoms with E-state index in [4.69, 9.17) is 0 Å². The molecule has 0 aromatic rings. The van der Waals surface area contributed by atoms with Crippen molar-refractivity contribution in [3.63, 3.8) is 0 Å². The number of unbranched alkanes of at least 4 members (excludes halogenated alkanes) is 10. The predicted octanol–water partition coefficient (Wildman–Crippen LogP) is 7.13. The van der Waals surface area contributed by atoms with Gasteiger partial charge in [-0.3, -0.25) is 0 Å². The third kappa shape index (κ3) is 16.2. The van der Waals surface area contributed by atoms with Crippen LogP contribution in [0, 0.1) is 5.92 Å². The molecule has 0 aliphatic heterocycles. The molecule has 0 rings (SSSR count). The van der Waals surface area contributed by atoms with Crippen molar-refractivity contribution in [3.05, 3.63) is 0 Å². The lowest BCUT2D eigenvalue weighted by molar-refractivity contribution is 0.450. The van der Waals surface area contributed by atoms with Crippen LogP contribution in [0.15, 0.2) is 0 Å². The lowest BCUT2D eigenvalue weighted by atomic mass is 9.98. The SMILES string of the molecule is CCCCCCCCCCCCCC(C)CCC[PH+]=O. The summed E-state index contributed by atoms with van der Waals surface area (Å²) in [5.41, 5.74) is 0. The highest BCUT2D eigenvalue weighted by Crippen LogP contribution is 2.17. The lowest BCUT2D eigenvalue weighted by Crippen LogP contribution is -1.95. The zero-order valence-corrected chi connectivity index (χ0v) is 15.1. The van der Waals surface area contributed by atoms with Gasteiger partial charge in [-0.15, -0.1) is 0 Å². The van der Waals surface area contributed by atoms with E-state index in [9.17, 15) is 4.57 Å². The highest BCUT2D eigenvalue weighted by Gasteiger charge is 2.03. The maximum atomic E-state index is 10.4. The molecule has 0 radical (unpaired) electrons. The quantitative estimate of drug-likeness (QED) is 0.219. The number of hydrogen-bond acceptors (Lipinski definition) is 1. The van der Waals surface area contributed by atoms with Crippen LogP contribution < -0.4 is 0 Å². The number of hydrogen-bond donors (Lipinski definition) is 0. The Hall–Kier alpha value is 0.100. The second-order valence-corrected chi connectivity index (χ2v) is 7.25. The first-order valence-electron chi connectivity index (χ1n) is 9.16. The largest absolute Gasteiger partial charge is 0.324 e. The van der Waals surface area contributed by atoms with Crippen LogP contribution >= 0.6 is 8.46 Å². The molecule has 0 aromatic heterocycles. The van der Waals surface area contributed by atoms with E-state index in [1.165, 1.54) is 83.5 Å². The van der Waals surface area contributed by atoms with Crippen LogP contribution in [0.1, 0.15) is 104 Å². The predicted molar refractivity (Wildman–Crippen MR) is 93.3 cm³/mol. The Balaban J connectivity index is 3.06. The van der Waals surface area contributed by atoms with Gasteiger partial charge >= 0.3 is 8.46 Å². The van der Waals surface area contributed by atoms with E-state index in [2.05, 4.69) is 13.8 Å². The van der Waals surface area contributed by atoms with Gasteiger partial charge in [-0.05, 0) is 18.8 Å². The molecule has 0 bridgehead atoms. The molecule has 0 amide bonds. The molecule has 0 spiro atoms. The first-order valence-corrected chi connectivity index (χ1v) is 10.3. The van der Waals surface area contributed by atoms with Crippen LogP contribution in [0.2, 0.25) is 0 Å². The molecular formula is C18H38OP+. The van der Waals surface area contributed by atoms with Gasteiger partial charge in [0.2, 0.25) is 0 Å². The molecule has 0 heterocycles. The molecule has 0 aliphatic rings. The van der Waals surface area contributed by atoms with Gasteiger partial charge in [0.1, 0.15) is 6.16 Å². The molecule has 0 saturated carbocycles. The van der Waals surface area contributed by atoms with E-state index in [1.54, 1.807) is 0 Å². The minimum absolute atomic E-state index is 0.0914. The van der Waals surface area contributed by atoms with Gasteiger partial charge < -0.3 is 0 Å². The second kappa shape index (κ2) is 17.2. The third-order valence-electron chi connectivity index (χ3n) is 4.28. The van der Waals surface area contributed by atoms with Crippen molar-refractivity contribution in [3.8, 4) is 0 Å². The Morgan fingerprint density at radius 3 is 1.65 bits per heavy atom. The van der Waals surface area contributed by atoms with Crippen LogP contribution in [-0.2, 0) is 4.57 Å². The van der Waals surface area contributed by atoms with Gasteiger partial charge in [0, 0.05) is 0 Å². The summed E-state index contributed by atoms with van der Waals surface area (Å²) in [5, 5.41) is 0. The molecule has 20 heavy (non-hydrogen) atoms. The monoisotopic (exact) mass is 301 g/mol. The summed E-state index contributed by atoms with van der Waals surface area (Å²) in [6.45, 7) is 4.63. The third-order valence-corrected chi connectivity index (χ3v) is 4.83. The van der Waals surface area contributed by atoms with E-state index in [0.29, 0.717) is 0 Å². The van der Waals surface area contributed by atoms with Crippen LogP contribution in [0.3, 0.4) is 0 Å². The minimum atomic E-state index is -0.0914. The maximum Gasteiger partial charge on any atom is 0.324 e. The van der Waals surface area contributed by atoms with Gasteiger partial charge in [-0.2, -0.15) is 0 Å². The smallest absolute Gasteiger partial charge is 0.0775 e. The molecule has 0 fully saturated rings. The van der Waals surface area contributed by atoms with Gasteiger partial charge in [0.25, 0.3) is 0 Å². The molecule has 1 nitrogen and oxygen atoms in total. The van der Waals surface area contributed by atoms with E-state index >= 15 is 0 Å². The molecule has 0 aliphatic carbocycles. The van der Waals surface area contributed by atoms with Crippen LogP contribution in [0.4, 0.5) is 0 Å². The summed E-state index contributed by atoms with van der Waals surface area (Å²) in [7, 11) is -0.0914. The summed E-state index contributed by atoms with van der Waals surface area (Å²) in [5.74, 6) is 0.838. The Bertz CT molecular complexity index is 194. The van der Waals surface area contributed by atoms with Gasteiger partial charge in [0.05, 0.1) is 0 Å². The van der Waals surface area contributed by atoms with Crippen molar-refractivity contribution in [1.82, 2.24) is 0 Å². The molecule has 2 heteroatoms. The van der Waals surface area contributed by atoms with Gasteiger partial charge in [0.15, 0.2) is 0 Å². The van der Waals surface area contributed by atoms with Crippen molar-refractivity contribution < 1.29 is 4.57 Å². The van der Waals surface area contributed by atoms with Crippen molar-refractivity contribution in [1.29, 1.82) is 0 Å².